The van der Waals surface area contributed by atoms with Gasteiger partial charge in [-0.2, -0.15) is 8.42 Å². The van der Waals surface area contributed by atoms with Crippen molar-refractivity contribution < 1.29 is 27.1 Å². The van der Waals surface area contributed by atoms with E-state index in [9.17, 15) is 4.79 Å². The molecule has 0 aliphatic carbocycles. The summed E-state index contributed by atoms with van der Waals surface area (Å²) in [7, 11) is -4.67. The third kappa shape index (κ3) is 24.7. The lowest BCUT2D eigenvalue weighted by molar-refractivity contribution is -0.138. The van der Waals surface area contributed by atoms with Crippen LogP contribution in [-0.2, 0) is 19.9 Å². The standard InChI is InChI=1S/C6H10O2.H2O4S/c1-4-8-6(7)5(2)3;1-5(2,3)4/h2,4H2,1,3H3;(H2,1,2,3,4). The van der Waals surface area contributed by atoms with Crippen molar-refractivity contribution in [2.24, 2.45) is 0 Å². The van der Waals surface area contributed by atoms with E-state index in [2.05, 4.69) is 11.3 Å². The molecule has 0 radical (unpaired) electrons. The molecule has 0 saturated carbocycles. The summed E-state index contributed by atoms with van der Waals surface area (Å²) in [5, 5.41) is 0. The molecule has 0 aliphatic rings. The van der Waals surface area contributed by atoms with E-state index in [4.69, 9.17) is 17.5 Å². The van der Waals surface area contributed by atoms with Gasteiger partial charge < -0.3 is 4.74 Å². The Morgan fingerprint density at radius 1 is 1.46 bits per heavy atom. The summed E-state index contributed by atoms with van der Waals surface area (Å²) in [5.41, 5.74) is 0.451. The summed E-state index contributed by atoms with van der Waals surface area (Å²) in [4.78, 5) is 10.4. The van der Waals surface area contributed by atoms with Gasteiger partial charge in [0.2, 0.25) is 0 Å². The minimum Gasteiger partial charge on any atom is -0.463 e. The van der Waals surface area contributed by atoms with Crippen molar-refractivity contribution in [1.82, 2.24) is 0 Å². The number of esters is 1. The first-order valence-corrected chi connectivity index (χ1v) is 4.60. The number of hydrogen-bond donors (Lipinski definition) is 2. The molecule has 13 heavy (non-hydrogen) atoms. The first kappa shape index (κ1) is 14.6. The summed E-state index contributed by atoms with van der Waals surface area (Å²) >= 11 is 0. The van der Waals surface area contributed by atoms with E-state index in [1.165, 1.54) is 0 Å². The average molecular weight is 212 g/mol. The Morgan fingerprint density at radius 2 is 1.77 bits per heavy atom. The van der Waals surface area contributed by atoms with Crippen molar-refractivity contribution in [3.63, 3.8) is 0 Å². The zero-order chi connectivity index (χ0) is 11.1. The van der Waals surface area contributed by atoms with E-state index >= 15 is 0 Å². The van der Waals surface area contributed by atoms with Crippen molar-refractivity contribution in [3.8, 4) is 0 Å². The smallest absolute Gasteiger partial charge is 0.394 e. The molecule has 0 unspecified atom stereocenters. The Bertz CT molecular complexity index is 257. The molecule has 2 N–H and O–H groups in total. The van der Waals surface area contributed by atoms with Gasteiger partial charge in [-0.05, 0) is 13.8 Å². The van der Waals surface area contributed by atoms with E-state index in [0.717, 1.165) is 0 Å². The topological polar surface area (TPSA) is 101 Å². The highest BCUT2D eigenvalue weighted by molar-refractivity contribution is 7.79. The second kappa shape index (κ2) is 6.58. The minimum absolute atomic E-state index is 0.312. The molecule has 7 heteroatoms. The van der Waals surface area contributed by atoms with E-state index in [1.54, 1.807) is 13.8 Å². The molecule has 78 valence electrons. The Balaban J connectivity index is 0. The maximum absolute atomic E-state index is 10.4. The lowest BCUT2D eigenvalue weighted by Gasteiger charge is -1.96. The molecule has 0 aliphatic heterocycles. The van der Waals surface area contributed by atoms with Gasteiger partial charge in [-0.25, -0.2) is 4.79 Å². The first-order valence-electron chi connectivity index (χ1n) is 3.21. The maximum atomic E-state index is 10.4. The summed E-state index contributed by atoms with van der Waals surface area (Å²) in [6, 6.07) is 0. The predicted octanol–water partition coefficient (Wildman–Crippen LogP) is 0.473. The maximum Gasteiger partial charge on any atom is 0.394 e. The fraction of sp³-hybridized carbons (Fsp3) is 0.500. The van der Waals surface area contributed by atoms with Crippen LogP contribution in [0, 0.1) is 0 Å². The van der Waals surface area contributed by atoms with Crippen molar-refractivity contribution in [3.05, 3.63) is 12.2 Å². The van der Waals surface area contributed by atoms with Crippen molar-refractivity contribution in [1.29, 1.82) is 0 Å². The van der Waals surface area contributed by atoms with Gasteiger partial charge in [-0.1, -0.05) is 6.58 Å². The molecule has 0 bridgehead atoms. The third-order valence-electron chi connectivity index (χ3n) is 0.624. The molecule has 0 saturated heterocycles. The van der Waals surface area contributed by atoms with Gasteiger partial charge in [0.15, 0.2) is 0 Å². The lowest BCUT2D eigenvalue weighted by atomic mass is 10.4. The number of carbonyl (C=O) groups is 1. The quantitative estimate of drug-likeness (QED) is 0.392. The summed E-state index contributed by atoms with van der Waals surface area (Å²) < 4.78 is 36.1. The highest BCUT2D eigenvalue weighted by Gasteiger charge is 1.98. The molecule has 6 nitrogen and oxygen atoms in total. The molecule has 0 rings (SSSR count). The Labute approximate surface area is 76.8 Å². The molecular weight excluding hydrogens is 200 g/mol. The van der Waals surface area contributed by atoms with Gasteiger partial charge in [0.05, 0.1) is 6.61 Å². The molecule has 0 atom stereocenters. The summed E-state index contributed by atoms with van der Waals surface area (Å²) in [6.45, 7) is 7.21. The monoisotopic (exact) mass is 212 g/mol. The lowest BCUT2D eigenvalue weighted by Crippen LogP contribution is -2.03. The molecule has 0 aromatic carbocycles. The zero-order valence-electron chi connectivity index (χ0n) is 7.35. The summed E-state index contributed by atoms with van der Waals surface area (Å²) in [6.07, 6.45) is 0. The predicted molar refractivity (Wildman–Crippen MR) is 45.6 cm³/mol. The molecule has 0 fully saturated rings. The van der Waals surface area contributed by atoms with Crippen molar-refractivity contribution >= 4 is 16.4 Å². The van der Waals surface area contributed by atoms with Crippen LogP contribution in [-0.4, -0.2) is 30.1 Å². The summed E-state index contributed by atoms with van der Waals surface area (Å²) in [5.74, 6) is -0.312. The van der Waals surface area contributed by atoms with Gasteiger partial charge in [-0.3, -0.25) is 9.11 Å². The fourth-order valence-corrected chi connectivity index (χ4v) is 0.254. The van der Waals surface area contributed by atoms with Crippen molar-refractivity contribution in [2.45, 2.75) is 13.8 Å². The normalized spacial score (nSPS) is 9.54. The molecule has 0 amide bonds. The van der Waals surface area contributed by atoms with Crippen LogP contribution in [0.5, 0.6) is 0 Å². The van der Waals surface area contributed by atoms with Gasteiger partial charge >= 0.3 is 16.4 Å². The SMILES string of the molecule is C=C(C)C(=O)OCC.O=S(=O)(O)O. The van der Waals surface area contributed by atoms with Crippen LogP contribution in [0.25, 0.3) is 0 Å². The van der Waals surface area contributed by atoms with E-state index < -0.39 is 10.4 Å². The molecular formula is C6H12O6S. The highest BCUT2D eigenvalue weighted by atomic mass is 32.3. The van der Waals surface area contributed by atoms with Gasteiger partial charge in [0.25, 0.3) is 0 Å². The Morgan fingerprint density at radius 3 is 1.85 bits per heavy atom. The van der Waals surface area contributed by atoms with Crippen molar-refractivity contribution in [2.75, 3.05) is 6.61 Å². The van der Waals surface area contributed by atoms with E-state index in [0.29, 0.717) is 12.2 Å². The van der Waals surface area contributed by atoms with Crippen LogP contribution in [0.3, 0.4) is 0 Å². The van der Waals surface area contributed by atoms with Crippen LogP contribution >= 0.6 is 0 Å². The van der Waals surface area contributed by atoms with Crippen LogP contribution < -0.4 is 0 Å². The zero-order valence-corrected chi connectivity index (χ0v) is 8.17. The second-order valence-corrected chi connectivity index (χ2v) is 2.84. The van der Waals surface area contributed by atoms with Crippen LogP contribution in [0.15, 0.2) is 12.2 Å². The van der Waals surface area contributed by atoms with Crippen LogP contribution in [0.2, 0.25) is 0 Å². The van der Waals surface area contributed by atoms with Gasteiger partial charge in [0.1, 0.15) is 0 Å². The number of rotatable bonds is 2. The number of ether oxygens (including phenoxy) is 1. The van der Waals surface area contributed by atoms with Gasteiger partial charge in [-0.15, -0.1) is 0 Å². The van der Waals surface area contributed by atoms with Crippen LogP contribution in [0.4, 0.5) is 0 Å². The number of carbonyl (C=O) groups excluding carboxylic acids is 1. The van der Waals surface area contributed by atoms with E-state index in [-0.39, 0.29) is 5.97 Å². The fourth-order valence-electron chi connectivity index (χ4n) is 0.254. The number of hydrogen-bond acceptors (Lipinski definition) is 4. The highest BCUT2D eigenvalue weighted by Crippen LogP contribution is 1.89. The Hall–Kier alpha value is -0.920. The average Bonchev–Trinajstić information content (AvgIpc) is 1.84. The molecule has 0 aromatic heterocycles. The first-order chi connectivity index (χ1) is 5.68. The molecule has 0 spiro atoms. The van der Waals surface area contributed by atoms with Crippen LogP contribution in [0.1, 0.15) is 13.8 Å². The minimum atomic E-state index is -4.67. The molecule has 0 aromatic rings. The van der Waals surface area contributed by atoms with E-state index in [1.807, 2.05) is 0 Å². The largest absolute Gasteiger partial charge is 0.463 e. The van der Waals surface area contributed by atoms with Gasteiger partial charge in [0, 0.05) is 5.57 Å². The Kier molecular flexibility index (Phi) is 7.39. The third-order valence-corrected chi connectivity index (χ3v) is 0.624. The second-order valence-electron chi connectivity index (χ2n) is 1.95. The molecule has 0 heterocycles.